The van der Waals surface area contributed by atoms with E-state index in [4.69, 9.17) is 9.47 Å². The van der Waals surface area contributed by atoms with Crippen LogP contribution in [0.2, 0.25) is 0 Å². The summed E-state index contributed by atoms with van der Waals surface area (Å²) >= 11 is 0. The fourth-order valence-corrected chi connectivity index (χ4v) is 9.87. The molecule has 9 heteroatoms. The van der Waals surface area contributed by atoms with Crippen molar-refractivity contribution in [3.8, 4) is 0 Å². The molecule has 1 fully saturated rings. The predicted octanol–water partition coefficient (Wildman–Crippen LogP) is 14.8. The second-order valence-corrected chi connectivity index (χ2v) is 21.2. The van der Waals surface area contributed by atoms with Crippen LogP contribution in [0.3, 0.4) is 0 Å². The molecule has 0 aromatic rings. The van der Waals surface area contributed by atoms with Crippen LogP contribution >= 0.6 is 0 Å². The molecular formula is C59H115NO8. The number of aliphatic hydroxyl groups is 5. The van der Waals surface area contributed by atoms with Gasteiger partial charge in [0.05, 0.1) is 25.4 Å². The van der Waals surface area contributed by atoms with Gasteiger partial charge in [0.15, 0.2) is 6.29 Å². The highest BCUT2D eigenvalue weighted by Crippen LogP contribution is 2.23. The van der Waals surface area contributed by atoms with E-state index in [-0.39, 0.29) is 12.5 Å². The maximum Gasteiger partial charge on any atom is 0.220 e. The summed E-state index contributed by atoms with van der Waals surface area (Å²) in [4.78, 5) is 13.1. The molecule has 6 N–H and O–H groups in total. The Morgan fingerprint density at radius 1 is 0.485 bits per heavy atom. The van der Waals surface area contributed by atoms with E-state index in [0.29, 0.717) is 6.42 Å². The van der Waals surface area contributed by atoms with E-state index >= 15 is 0 Å². The first-order valence-electron chi connectivity index (χ1n) is 29.9. The lowest BCUT2D eigenvalue weighted by Crippen LogP contribution is -2.60. The highest BCUT2D eigenvalue weighted by atomic mass is 16.7. The third-order valence-electron chi connectivity index (χ3n) is 14.6. The molecule has 1 saturated heterocycles. The molecular weight excluding hydrogens is 851 g/mol. The van der Waals surface area contributed by atoms with E-state index in [0.717, 1.165) is 38.5 Å². The molecule has 0 aliphatic carbocycles. The maximum absolute atomic E-state index is 13.1. The van der Waals surface area contributed by atoms with Crippen molar-refractivity contribution < 1.29 is 39.8 Å². The van der Waals surface area contributed by atoms with E-state index in [1.54, 1.807) is 6.08 Å². The zero-order valence-electron chi connectivity index (χ0n) is 44.9. The Bertz CT molecular complexity index is 1080. The number of hydrogen-bond donors (Lipinski definition) is 6. The molecule has 0 aromatic carbocycles. The van der Waals surface area contributed by atoms with Crippen molar-refractivity contribution in [3.63, 3.8) is 0 Å². The van der Waals surface area contributed by atoms with Crippen LogP contribution < -0.4 is 5.32 Å². The lowest BCUT2D eigenvalue weighted by atomic mass is 9.99. The molecule has 9 nitrogen and oxygen atoms in total. The fourth-order valence-electron chi connectivity index (χ4n) is 9.87. The van der Waals surface area contributed by atoms with Crippen molar-refractivity contribution in [1.29, 1.82) is 0 Å². The van der Waals surface area contributed by atoms with Crippen molar-refractivity contribution in [2.45, 2.75) is 346 Å². The number of carbonyl (C=O) groups is 1. The Kier molecular flexibility index (Phi) is 47.3. The molecule has 1 aliphatic rings. The molecule has 1 rings (SSSR count). The van der Waals surface area contributed by atoms with Crippen LogP contribution in [0, 0.1) is 0 Å². The van der Waals surface area contributed by atoms with Crippen molar-refractivity contribution in [2.24, 2.45) is 0 Å². The molecule has 0 aromatic heterocycles. The predicted molar refractivity (Wildman–Crippen MR) is 286 cm³/mol. The third-order valence-corrected chi connectivity index (χ3v) is 14.6. The normalized spacial score (nSPS) is 19.5. The first kappa shape index (κ1) is 64.9. The first-order valence-corrected chi connectivity index (χ1v) is 29.9. The van der Waals surface area contributed by atoms with Crippen molar-refractivity contribution in [3.05, 3.63) is 12.2 Å². The van der Waals surface area contributed by atoms with Crippen LogP contribution in [-0.2, 0) is 14.3 Å². The maximum atomic E-state index is 13.1. The number of nitrogens with one attached hydrogen (secondary N) is 1. The molecule has 7 atom stereocenters. The second-order valence-electron chi connectivity index (χ2n) is 21.2. The van der Waals surface area contributed by atoms with Crippen LogP contribution in [0.15, 0.2) is 12.2 Å². The lowest BCUT2D eigenvalue weighted by Gasteiger charge is -2.40. The van der Waals surface area contributed by atoms with Crippen LogP contribution in [0.25, 0.3) is 0 Å². The topological polar surface area (TPSA) is 149 Å². The van der Waals surface area contributed by atoms with Crippen LogP contribution in [-0.4, -0.2) is 87.5 Å². The number of allylic oxidation sites excluding steroid dienone is 1. The van der Waals surface area contributed by atoms with Crippen LogP contribution in [0.4, 0.5) is 0 Å². The first-order chi connectivity index (χ1) is 33.3. The SMILES string of the molecule is CCCCCCCCCCCCCCCCCCC/C=C/C(O)C(COC1OC(CO)C(O)C(O)C1O)NC(=O)CCCCCCCCCCCCCCCCCCCCCCCCCCCC. The molecule has 7 unspecified atom stereocenters. The number of hydrogen-bond acceptors (Lipinski definition) is 8. The molecule has 404 valence electrons. The van der Waals surface area contributed by atoms with Gasteiger partial charge >= 0.3 is 0 Å². The Morgan fingerprint density at radius 3 is 1.15 bits per heavy atom. The van der Waals surface area contributed by atoms with E-state index in [2.05, 4.69) is 19.2 Å². The Morgan fingerprint density at radius 2 is 0.809 bits per heavy atom. The van der Waals surface area contributed by atoms with E-state index < -0.39 is 49.5 Å². The summed E-state index contributed by atoms with van der Waals surface area (Å²) in [7, 11) is 0. The van der Waals surface area contributed by atoms with Gasteiger partial charge in [0.2, 0.25) is 5.91 Å². The average Bonchev–Trinajstić information content (AvgIpc) is 3.34. The lowest BCUT2D eigenvalue weighted by molar-refractivity contribution is -0.302. The zero-order chi connectivity index (χ0) is 49.4. The van der Waals surface area contributed by atoms with Gasteiger partial charge in [-0.2, -0.15) is 0 Å². The second kappa shape index (κ2) is 49.5. The molecule has 1 aliphatic heterocycles. The highest BCUT2D eigenvalue weighted by molar-refractivity contribution is 5.76. The van der Waals surface area contributed by atoms with Crippen molar-refractivity contribution in [1.82, 2.24) is 5.32 Å². The van der Waals surface area contributed by atoms with Crippen molar-refractivity contribution in [2.75, 3.05) is 13.2 Å². The van der Waals surface area contributed by atoms with Gasteiger partial charge in [0, 0.05) is 6.42 Å². The van der Waals surface area contributed by atoms with Gasteiger partial charge in [-0.25, -0.2) is 0 Å². The largest absolute Gasteiger partial charge is 0.394 e. The molecule has 0 bridgehead atoms. The van der Waals surface area contributed by atoms with E-state index in [1.807, 2.05) is 6.08 Å². The molecule has 0 spiro atoms. The molecule has 68 heavy (non-hydrogen) atoms. The number of carbonyl (C=O) groups excluding carboxylic acids is 1. The number of aliphatic hydroxyl groups excluding tert-OH is 5. The zero-order valence-corrected chi connectivity index (χ0v) is 44.9. The fraction of sp³-hybridized carbons (Fsp3) is 0.949. The van der Waals surface area contributed by atoms with Gasteiger partial charge < -0.3 is 40.3 Å². The van der Waals surface area contributed by atoms with Crippen LogP contribution in [0.1, 0.15) is 303 Å². The average molecular weight is 967 g/mol. The van der Waals surface area contributed by atoms with Gasteiger partial charge in [0.25, 0.3) is 0 Å². The Labute approximate surface area is 420 Å². The summed E-state index contributed by atoms with van der Waals surface area (Å²) in [6, 6.07) is -0.800. The third kappa shape index (κ3) is 38.6. The minimum atomic E-state index is -1.56. The molecule has 0 radical (unpaired) electrons. The van der Waals surface area contributed by atoms with Gasteiger partial charge in [-0.15, -0.1) is 0 Å². The monoisotopic (exact) mass is 966 g/mol. The summed E-state index contributed by atoms with van der Waals surface area (Å²) < 4.78 is 11.3. The van der Waals surface area contributed by atoms with E-state index in [1.165, 1.54) is 244 Å². The smallest absolute Gasteiger partial charge is 0.220 e. The number of rotatable bonds is 52. The Balaban J connectivity index is 2.18. The molecule has 1 heterocycles. The number of amides is 1. The van der Waals surface area contributed by atoms with Crippen molar-refractivity contribution >= 4 is 5.91 Å². The Hall–Kier alpha value is -1.07. The minimum absolute atomic E-state index is 0.169. The van der Waals surface area contributed by atoms with Gasteiger partial charge in [-0.05, 0) is 19.3 Å². The van der Waals surface area contributed by atoms with Gasteiger partial charge in [0.1, 0.15) is 24.4 Å². The minimum Gasteiger partial charge on any atom is -0.394 e. The van der Waals surface area contributed by atoms with Crippen LogP contribution in [0.5, 0.6) is 0 Å². The quantitative estimate of drug-likeness (QED) is 0.0261. The van der Waals surface area contributed by atoms with Gasteiger partial charge in [-0.1, -0.05) is 289 Å². The summed E-state index contributed by atoms with van der Waals surface area (Å²) in [5, 5.41) is 54.5. The summed E-state index contributed by atoms with van der Waals surface area (Å²) in [5.41, 5.74) is 0. The number of unbranched alkanes of at least 4 members (excludes halogenated alkanes) is 42. The highest BCUT2D eigenvalue weighted by Gasteiger charge is 2.44. The molecule has 0 saturated carbocycles. The summed E-state index contributed by atoms with van der Waals surface area (Å²) in [6.07, 6.45) is 54.3. The number of ether oxygens (including phenoxy) is 2. The molecule has 1 amide bonds. The van der Waals surface area contributed by atoms with Gasteiger partial charge in [-0.3, -0.25) is 4.79 Å². The standard InChI is InChI=1S/C59H115NO8/c1-3-5-7-9-11-13-15-17-19-21-23-24-25-26-27-28-29-31-33-35-37-39-41-43-45-47-49-55(63)60-52(51-67-59-58(66)57(65)56(64)54(50-61)68-59)53(62)48-46-44-42-40-38-36-34-32-30-22-20-18-16-14-12-10-8-6-4-2/h46,48,52-54,56-59,61-62,64-66H,3-45,47,49-51H2,1-2H3,(H,60,63)/b48-46+. The summed E-state index contributed by atoms with van der Waals surface area (Å²) in [6.45, 7) is 3.83. The summed E-state index contributed by atoms with van der Waals surface area (Å²) in [5.74, 6) is -0.169. The van der Waals surface area contributed by atoms with E-state index in [9.17, 15) is 30.3 Å².